The van der Waals surface area contributed by atoms with Crippen molar-refractivity contribution < 1.29 is 0 Å². The average Bonchev–Trinajstić information content (AvgIpc) is 3.27. The van der Waals surface area contributed by atoms with Gasteiger partial charge < -0.3 is 0 Å². The van der Waals surface area contributed by atoms with E-state index >= 15 is 0 Å². The lowest BCUT2D eigenvalue weighted by molar-refractivity contribution is 1.34. The van der Waals surface area contributed by atoms with Crippen molar-refractivity contribution in [2.75, 3.05) is 0 Å². The third kappa shape index (κ3) is 2.87. The highest BCUT2D eigenvalue weighted by Gasteiger charge is 2.15. The Morgan fingerprint density at radius 1 is 0.870 bits per heavy atom. The van der Waals surface area contributed by atoms with Gasteiger partial charge >= 0.3 is 0 Å². The monoisotopic (exact) mass is 354 g/mol. The number of hydrogen-bond donors (Lipinski definition) is 0. The SMILES string of the molecule is Cc1ccc(-c2nc(-c3nc(-c4cccs4)cs3)sc2C)cc1. The summed E-state index contributed by atoms with van der Waals surface area (Å²) in [6.45, 7) is 4.23. The maximum absolute atomic E-state index is 4.84. The standard InChI is InChI=1S/C18H14N2S3/c1-11-5-7-13(8-6-11)16-12(2)23-18(20-16)17-19-14(10-22-17)15-4-3-9-21-15/h3-10H,1-2H3. The summed E-state index contributed by atoms with van der Waals surface area (Å²) >= 11 is 5.10. The molecule has 4 rings (SSSR count). The fourth-order valence-corrected chi connectivity index (χ4v) is 4.93. The number of rotatable bonds is 3. The number of benzene rings is 1. The quantitative estimate of drug-likeness (QED) is 0.433. The maximum Gasteiger partial charge on any atom is 0.153 e. The molecule has 5 heteroatoms. The Morgan fingerprint density at radius 3 is 2.43 bits per heavy atom. The van der Waals surface area contributed by atoms with E-state index in [1.807, 2.05) is 0 Å². The molecule has 0 unspecified atom stereocenters. The van der Waals surface area contributed by atoms with Crippen molar-refractivity contribution >= 4 is 34.0 Å². The van der Waals surface area contributed by atoms with Crippen LogP contribution in [0.25, 0.3) is 31.8 Å². The highest BCUT2D eigenvalue weighted by molar-refractivity contribution is 7.21. The summed E-state index contributed by atoms with van der Waals surface area (Å²) in [6.07, 6.45) is 0. The van der Waals surface area contributed by atoms with E-state index in [0.717, 1.165) is 21.4 Å². The van der Waals surface area contributed by atoms with E-state index in [-0.39, 0.29) is 0 Å². The molecule has 3 aromatic heterocycles. The zero-order valence-electron chi connectivity index (χ0n) is 12.7. The van der Waals surface area contributed by atoms with Crippen LogP contribution in [0.1, 0.15) is 10.4 Å². The minimum atomic E-state index is 1.000. The number of hydrogen-bond acceptors (Lipinski definition) is 5. The summed E-state index contributed by atoms with van der Waals surface area (Å²) in [5.41, 5.74) is 4.55. The fraction of sp³-hybridized carbons (Fsp3) is 0.111. The molecular formula is C18H14N2S3. The van der Waals surface area contributed by atoms with E-state index < -0.39 is 0 Å². The fourth-order valence-electron chi connectivity index (χ4n) is 2.38. The van der Waals surface area contributed by atoms with Gasteiger partial charge in [0.2, 0.25) is 0 Å². The largest absolute Gasteiger partial charge is 0.233 e. The summed E-state index contributed by atoms with van der Waals surface area (Å²) in [4.78, 5) is 12.0. The van der Waals surface area contributed by atoms with Gasteiger partial charge in [0.25, 0.3) is 0 Å². The summed E-state index contributed by atoms with van der Waals surface area (Å²) < 4.78 is 0. The van der Waals surface area contributed by atoms with Crippen LogP contribution in [-0.2, 0) is 0 Å². The number of thiophene rings is 1. The van der Waals surface area contributed by atoms with Crippen molar-refractivity contribution in [1.82, 2.24) is 9.97 Å². The van der Waals surface area contributed by atoms with Crippen molar-refractivity contribution in [3.63, 3.8) is 0 Å². The molecule has 4 aromatic rings. The van der Waals surface area contributed by atoms with Crippen LogP contribution in [0.2, 0.25) is 0 Å². The molecule has 23 heavy (non-hydrogen) atoms. The maximum atomic E-state index is 4.84. The summed E-state index contributed by atoms with van der Waals surface area (Å²) in [7, 11) is 0. The van der Waals surface area contributed by atoms with E-state index in [1.165, 1.54) is 20.9 Å². The third-order valence-electron chi connectivity index (χ3n) is 3.58. The van der Waals surface area contributed by atoms with E-state index in [1.54, 1.807) is 34.0 Å². The van der Waals surface area contributed by atoms with Crippen LogP contribution in [0.3, 0.4) is 0 Å². The first-order chi connectivity index (χ1) is 11.2. The summed E-state index contributed by atoms with van der Waals surface area (Å²) in [5.74, 6) is 0. The Hall–Kier alpha value is -1.82. The minimum Gasteiger partial charge on any atom is -0.233 e. The van der Waals surface area contributed by atoms with Gasteiger partial charge in [-0.15, -0.1) is 34.0 Å². The van der Waals surface area contributed by atoms with E-state index in [2.05, 4.69) is 61.0 Å². The van der Waals surface area contributed by atoms with Gasteiger partial charge in [-0.05, 0) is 25.3 Å². The van der Waals surface area contributed by atoms with Gasteiger partial charge in [-0.25, -0.2) is 9.97 Å². The Bertz CT molecular complexity index is 931. The molecule has 0 aliphatic carbocycles. The smallest absolute Gasteiger partial charge is 0.153 e. The molecule has 1 aromatic carbocycles. The van der Waals surface area contributed by atoms with Crippen molar-refractivity contribution in [3.8, 4) is 31.8 Å². The first-order valence-corrected chi connectivity index (χ1v) is 9.82. The lowest BCUT2D eigenvalue weighted by atomic mass is 10.1. The van der Waals surface area contributed by atoms with E-state index in [4.69, 9.17) is 9.97 Å². The molecule has 114 valence electrons. The molecule has 0 aliphatic heterocycles. The molecule has 0 fully saturated rings. The zero-order valence-corrected chi connectivity index (χ0v) is 15.2. The second-order valence-corrected chi connectivity index (χ2v) is 8.31. The first kappa shape index (κ1) is 14.8. The molecular weight excluding hydrogens is 340 g/mol. The van der Waals surface area contributed by atoms with Crippen LogP contribution in [0.15, 0.2) is 47.2 Å². The van der Waals surface area contributed by atoms with Crippen LogP contribution >= 0.6 is 34.0 Å². The molecule has 0 atom stereocenters. The van der Waals surface area contributed by atoms with Crippen molar-refractivity contribution in [1.29, 1.82) is 0 Å². The highest BCUT2D eigenvalue weighted by Crippen LogP contribution is 2.36. The van der Waals surface area contributed by atoms with Crippen molar-refractivity contribution in [3.05, 3.63) is 57.6 Å². The number of aryl methyl sites for hydroxylation is 2. The minimum absolute atomic E-state index is 1.000. The Kier molecular flexibility index (Phi) is 3.85. The Balaban J connectivity index is 1.71. The van der Waals surface area contributed by atoms with E-state index in [0.29, 0.717) is 0 Å². The second-order valence-electron chi connectivity index (χ2n) is 5.31. The van der Waals surface area contributed by atoms with Gasteiger partial charge in [-0.3, -0.25) is 0 Å². The third-order valence-corrected chi connectivity index (χ3v) is 6.43. The average molecular weight is 355 g/mol. The number of aromatic nitrogens is 2. The van der Waals surface area contributed by atoms with Crippen LogP contribution in [-0.4, -0.2) is 9.97 Å². The van der Waals surface area contributed by atoms with Crippen LogP contribution < -0.4 is 0 Å². The lowest BCUT2D eigenvalue weighted by Gasteiger charge is -1.98. The number of thiazole rings is 2. The zero-order chi connectivity index (χ0) is 15.8. The van der Waals surface area contributed by atoms with Gasteiger partial charge in [0.1, 0.15) is 0 Å². The molecule has 0 amide bonds. The van der Waals surface area contributed by atoms with E-state index in [9.17, 15) is 0 Å². The van der Waals surface area contributed by atoms with Crippen LogP contribution in [0.4, 0.5) is 0 Å². The molecule has 0 saturated heterocycles. The first-order valence-electron chi connectivity index (χ1n) is 7.25. The van der Waals surface area contributed by atoms with Gasteiger partial charge in [-0.2, -0.15) is 0 Å². The topological polar surface area (TPSA) is 25.8 Å². The van der Waals surface area contributed by atoms with Gasteiger partial charge in [0.05, 0.1) is 16.3 Å². The Labute approximate surface area is 147 Å². The normalized spacial score (nSPS) is 11.0. The molecule has 0 saturated carbocycles. The predicted octanol–water partition coefficient (Wildman–Crippen LogP) is 6.28. The summed E-state index contributed by atoms with van der Waals surface area (Å²) in [6, 6.07) is 12.7. The van der Waals surface area contributed by atoms with Crippen LogP contribution in [0.5, 0.6) is 0 Å². The van der Waals surface area contributed by atoms with Crippen molar-refractivity contribution in [2.24, 2.45) is 0 Å². The predicted molar refractivity (Wildman–Crippen MR) is 101 cm³/mol. The second kappa shape index (κ2) is 6.00. The van der Waals surface area contributed by atoms with Crippen molar-refractivity contribution in [2.45, 2.75) is 13.8 Å². The number of nitrogens with zero attached hydrogens (tertiary/aromatic N) is 2. The molecule has 0 bridgehead atoms. The molecule has 2 nitrogen and oxygen atoms in total. The molecule has 0 N–H and O–H groups in total. The van der Waals surface area contributed by atoms with Gasteiger partial charge in [0.15, 0.2) is 10.0 Å². The van der Waals surface area contributed by atoms with Crippen LogP contribution in [0, 0.1) is 13.8 Å². The molecule has 3 heterocycles. The lowest BCUT2D eigenvalue weighted by Crippen LogP contribution is -1.82. The van der Waals surface area contributed by atoms with Gasteiger partial charge in [-0.1, -0.05) is 35.9 Å². The molecule has 0 aliphatic rings. The molecule has 0 radical (unpaired) electrons. The molecule has 0 spiro atoms. The highest BCUT2D eigenvalue weighted by atomic mass is 32.1. The van der Waals surface area contributed by atoms with Gasteiger partial charge in [0, 0.05) is 15.8 Å². The summed E-state index contributed by atoms with van der Waals surface area (Å²) in [5, 5.41) is 6.20. The Morgan fingerprint density at radius 2 is 1.70 bits per heavy atom.